The smallest absolute Gasteiger partial charge is 0.328 e. The highest BCUT2D eigenvalue weighted by molar-refractivity contribution is 5.99. The van der Waals surface area contributed by atoms with Crippen molar-refractivity contribution in [1.29, 1.82) is 0 Å². The van der Waals surface area contributed by atoms with Crippen molar-refractivity contribution in [3.8, 4) is 11.5 Å². The first kappa shape index (κ1) is 17.5. The molecule has 2 aromatic carbocycles. The van der Waals surface area contributed by atoms with Crippen molar-refractivity contribution in [1.82, 2.24) is 0 Å². The molecule has 1 unspecified atom stereocenters. The highest BCUT2D eigenvalue weighted by atomic mass is 16.5. The maximum Gasteiger partial charge on any atom is 0.328 e. The number of ether oxygens (including phenoxy) is 2. The predicted octanol–water partition coefficient (Wildman–Crippen LogP) is 3.47. The van der Waals surface area contributed by atoms with Crippen molar-refractivity contribution in [3.63, 3.8) is 0 Å². The number of benzene rings is 2. The number of aliphatic carboxylic acids is 1. The largest absolute Gasteiger partial charge is 0.485 e. The van der Waals surface area contributed by atoms with Gasteiger partial charge in [0.25, 0.3) is 5.91 Å². The van der Waals surface area contributed by atoms with Crippen molar-refractivity contribution in [2.75, 3.05) is 5.32 Å². The molecular weight excluding hydrogens is 334 g/mol. The van der Waals surface area contributed by atoms with Crippen LogP contribution >= 0.6 is 0 Å². The number of hydrogen-bond acceptors (Lipinski definition) is 4. The van der Waals surface area contributed by atoms with E-state index in [2.05, 4.69) is 5.32 Å². The number of nitrogens with one attached hydrogen (secondary N) is 1. The predicted molar refractivity (Wildman–Crippen MR) is 97.2 cm³/mol. The Balaban J connectivity index is 1.94. The van der Waals surface area contributed by atoms with Crippen LogP contribution in [-0.4, -0.2) is 23.1 Å². The van der Waals surface area contributed by atoms with Gasteiger partial charge in [0.1, 0.15) is 6.61 Å². The number of carbonyl (C=O) groups is 2. The van der Waals surface area contributed by atoms with E-state index in [-0.39, 0.29) is 5.91 Å². The molecule has 0 bridgehead atoms. The molecule has 0 fully saturated rings. The minimum absolute atomic E-state index is 0.228. The number of fused-ring (bicyclic) bond motifs is 1. The number of rotatable bonds is 6. The fourth-order valence-corrected chi connectivity index (χ4v) is 2.62. The van der Waals surface area contributed by atoms with Gasteiger partial charge in [-0.25, -0.2) is 4.79 Å². The van der Waals surface area contributed by atoms with E-state index in [0.29, 0.717) is 35.8 Å². The molecule has 26 heavy (non-hydrogen) atoms. The van der Waals surface area contributed by atoms with Crippen molar-refractivity contribution < 1.29 is 24.2 Å². The molecule has 2 N–H and O–H groups in total. The fraction of sp³-hybridized carbons (Fsp3) is 0.200. The van der Waals surface area contributed by atoms with Gasteiger partial charge in [0.2, 0.25) is 0 Å². The Hall–Kier alpha value is -3.28. The molecule has 0 saturated heterocycles. The number of carboxylic acids is 1. The third kappa shape index (κ3) is 4.03. The second-order valence-corrected chi connectivity index (χ2v) is 5.85. The second-order valence-electron chi connectivity index (χ2n) is 5.85. The lowest BCUT2D eigenvalue weighted by Gasteiger charge is -2.27. The summed E-state index contributed by atoms with van der Waals surface area (Å²) in [6, 6.07) is 13.0. The summed E-state index contributed by atoms with van der Waals surface area (Å²) in [5, 5.41) is 11.6. The number of carbonyl (C=O) groups excluding carboxylic acids is 1. The van der Waals surface area contributed by atoms with Crippen LogP contribution in [0.4, 0.5) is 5.69 Å². The van der Waals surface area contributed by atoms with E-state index in [4.69, 9.17) is 14.6 Å². The average molecular weight is 353 g/mol. The first-order chi connectivity index (χ1) is 12.6. The Labute approximate surface area is 151 Å². The zero-order chi connectivity index (χ0) is 18.5. The van der Waals surface area contributed by atoms with Gasteiger partial charge in [-0.1, -0.05) is 37.3 Å². The number of amides is 1. The van der Waals surface area contributed by atoms with Gasteiger partial charge in [-0.2, -0.15) is 0 Å². The molecule has 0 saturated carbocycles. The zero-order valence-corrected chi connectivity index (χ0v) is 14.3. The fourth-order valence-electron chi connectivity index (χ4n) is 2.62. The van der Waals surface area contributed by atoms with Crippen LogP contribution in [0.1, 0.15) is 24.5 Å². The van der Waals surface area contributed by atoms with Gasteiger partial charge in [-0.15, -0.1) is 0 Å². The van der Waals surface area contributed by atoms with Crippen LogP contribution in [0.2, 0.25) is 0 Å². The van der Waals surface area contributed by atoms with Crippen LogP contribution in [0.15, 0.2) is 48.5 Å². The highest BCUT2D eigenvalue weighted by Crippen LogP contribution is 2.41. The van der Waals surface area contributed by atoms with Gasteiger partial charge in [0.05, 0.1) is 5.69 Å². The van der Waals surface area contributed by atoms with Crippen LogP contribution in [0.25, 0.3) is 6.08 Å². The Morgan fingerprint density at radius 1 is 1.31 bits per heavy atom. The summed E-state index contributed by atoms with van der Waals surface area (Å²) >= 11 is 0. The molecule has 0 spiro atoms. The summed E-state index contributed by atoms with van der Waals surface area (Å²) in [4.78, 5) is 22.8. The van der Waals surface area contributed by atoms with Gasteiger partial charge < -0.3 is 19.9 Å². The SMILES string of the molecule is CCC1Oc2c(cc(/C=C/C(=O)O)cc2OCc2ccccc2)NC1=O. The summed E-state index contributed by atoms with van der Waals surface area (Å²) in [5.41, 5.74) is 2.04. The van der Waals surface area contributed by atoms with Crippen molar-refractivity contribution >= 4 is 23.6 Å². The van der Waals surface area contributed by atoms with Gasteiger partial charge in [-0.05, 0) is 35.8 Å². The monoisotopic (exact) mass is 353 g/mol. The van der Waals surface area contributed by atoms with E-state index in [1.165, 1.54) is 6.08 Å². The van der Waals surface area contributed by atoms with E-state index < -0.39 is 12.1 Å². The summed E-state index contributed by atoms with van der Waals surface area (Å²) < 4.78 is 11.7. The number of carboxylic acid groups (broad SMARTS) is 1. The van der Waals surface area contributed by atoms with Gasteiger partial charge in [-0.3, -0.25) is 4.79 Å². The third-order valence-electron chi connectivity index (χ3n) is 3.91. The van der Waals surface area contributed by atoms with Gasteiger partial charge >= 0.3 is 5.97 Å². The highest BCUT2D eigenvalue weighted by Gasteiger charge is 2.29. The Kier molecular flexibility index (Phi) is 5.22. The first-order valence-corrected chi connectivity index (χ1v) is 8.30. The first-order valence-electron chi connectivity index (χ1n) is 8.30. The molecular formula is C20H19NO5. The summed E-state index contributed by atoms with van der Waals surface area (Å²) in [7, 11) is 0. The van der Waals surface area contributed by atoms with E-state index in [1.807, 2.05) is 37.3 Å². The van der Waals surface area contributed by atoms with Crippen LogP contribution in [0.5, 0.6) is 11.5 Å². The number of anilines is 1. The van der Waals surface area contributed by atoms with E-state index in [0.717, 1.165) is 11.6 Å². The molecule has 2 aromatic rings. The molecule has 6 nitrogen and oxygen atoms in total. The topological polar surface area (TPSA) is 84.9 Å². The maximum atomic E-state index is 12.1. The van der Waals surface area contributed by atoms with Crippen LogP contribution in [0.3, 0.4) is 0 Å². The molecule has 1 heterocycles. The summed E-state index contributed by atoms with van der Waals surface area (Å²) in [6.07, 6.45) is 2.42. The maximum absolute atomic E-state index is 12.1. The quantitative estimate of drug-likeness (QED) is 0.777. The minimum Gasteiger partial charge on any atom is -0.485 e. The molecule has 0 aromatic heterocycles. The summed E-state index contributed by atoms with van der Waals surface area (Å²) in [5.74, 6) is -0.371. The second kappa shape index (κ2) is 7.74. The van der Waals surface area contributed by atoms with Gasteiger partial charge in [0.15, 0.2) is 17.6 Å². The third-order valence-corrected chi connectivity index (χ3v) is 3.91. The average Bonchev–Trinajstić information content (AvgIpc) is 2.64. The van der Waals surface area contributed by atoms with Crippen molar-refractivity contribution in [2.45, 2.75) is 26.1 Å². The van der Waals surface area contributed by atoms with Crippen molar-refractivity contribution in [3.05, 3.63) is 59.7 Å². The van der Waals surface area contributed by atoms with Gasteiger partial charge in [0, 0.05) is 6.08 Å². The van der Waals surface area contributed by atoms with Crippen LogP contribution < -0.4 is 14.8 Å². The standard InChI is InChI=1S/C20H19NO5/c1-2-16-20(24)21-15-10-14(8-9-18(22)23)11-17(19(15)26-16)25-12-13-6-4-3-5-7-13/h3-11,16H,2,12H2,1H3,(H,21,24)(H,22,23)/b9-8+. The van der Waals surface area contributed by atoms with Crippen molar-refractivity contribution in [2.24, 2.45) is 0 Å². The van der Waals surface area contributed by atoms with E-state index in [9.17, 15) is 9.59 Å². The Morgan fingerprint density at radius 3 is 2.77 bits per heavy atom. The molecule has 134 valence electrons. The van der Waals surface area contributed by atoms with E-state index in [1.54, 1.807) is 12.1 Å². The molecule has 1 aliphatic rings. The molecule has 3 rings (SSSR count). The lowest BCUT2D eigenvalue weighted by molar-refractivity contribution is -0.131. The minimum atomic E-state index is -1.05. The van der Waals surface area contributed by atoms with E-state index >= 15 is 0 Å². The Morgan fingerprint density at radius 2 is 2.08 bits per heavy atom. The summed E-state index contributed by atoms with van der Waals surface area (Å²) in [6.45, 7) is 2.19. The zero-order valence-electron chi connectivity index (χ0n) is 14.3. The lowest BCUT2D eigenvalue weighted by Crippen LogP contribution is -2.36. The normalized spacial score (nSPS) is 15.9. The molecule has 1 aliphatic heterocycles. The molecule has 0 radical (unpaired) electrons. The molecule has 1 atom stereocenters. The molecule has 0 aliphatic carbocycles. The number of hydrogen-bond donors (Lipinski definition) is 2. The lowest BCUT2D eigenvalue weighted by atomic mass is 10.1. The van der Waals surface area contributed by atoms with Crippen LogP contribution in [0, 0.1) is 0 Å². The Bertz CT molecular complexity index is 845. The molecule has 1 amide bonds. The molecule has 6 heteroatoms. The van der Waals surface area contributed by atoms with Crippen LogP contribution in [-0.2, 0) is 16.2 Å².